The number of hydrogen-bond acceptors (Lipinski definition) is 3. The molecule has 1 heterocycles. The third-order valence-electron chi connectivity index (χ3n) is 3.58. The molecule has 0 aromatic heterocycles. The highest BCUT2D eigenvalue weighted by molar-refractivity contribution is 6.69. The first-order valence-corrected chi connectivity index (χ1v) is 7.69. The fourth-order valence-electron chi connectivity index (χ4n) is 2.48. The molecule has 0 spiro atoms. The van der Waals surface area contributed by atoms with Crippen LogP contribution in [-0.4, -0.2) is 33.4 Å². The minimum atomic E-state index is -0.329. The zero-order valence-electron chi connectivity index (χ0n) is 12.6. The van der Waals surface area contributed by atoms with Crippen molar-refractivity contribution in [2.75, 3.05) is 26.3 Å². The molecule has 4 heteroatoms. The summed E-state index contributed by atoms with van der Waals surface area (Å²) in [5.41, 5.74) is 3.34. The molecule has 1 N–H and O–H groups in total. The molecule has 2 aromatic rings. The lowest BCUT2D eigenvalue weighted by molar-refractivity contribution is 0.188. The van der Waals surface area contributed by atoms with Crippen molar-refractivity contribution in [2.45, 2.75) is 0 Å². The highest BCUT2D eigenvalue weighted by Crippen LogP contribution is 2.22. The summed E-state index contributed by atoms with van der Waals surface area (Å²) in [5, 5.41) is 3.27. The Balaban J connectivity index is 1.93. The summed E-state index contributed by atoms with van der Waals surface area (Å²) in [5.74, 6) is 0. The largest absolute Gasteiger partial charge is 0.494 e. The molecule has 0 atom stereocenters. The Hall–Kier alpha value is -1.88. The molecule has 22 heavy (non-hydrogen) atoms. The maximum absolute atomic E-state index is 5.92. The van der Waals surface area contributed by atoms with Crippen molar-refractivity contribution >= 4 is 18.7 Å². The molecule has 0 unspecified atom stereocenters. The van der Waals surface area contributed by atoms with Gasteiger partial charge >= 0.3 is 7.12 Å². The van der Waals surface area contributed by atoms with Gasteiger partial charge < -0.3 is 14.6 Å². The van der Waals surface area contributed by atoms with Crippen LogP contribution in [0.2, 0.25) is 0 Å². The van der Waals surface area contributed by atoms with Crippen LogP contribution in [-0.2, 0) is 9.31 Å². The molecule has 0 saturated carbocycles. The van der Waals surface area contributed by atoms with Crippen molar-refractivity contribution in [3.63, 3.8) is 0 Å². The van der Waals surface area contributed by atoms with E-state index in [-0.39, 0.29) is 7.12 Å². The van der Waals surface area contributed by atoms with Gasteiger partial charge in [0.1, 0.15) is 0 Å². The van der Waals surface area contributed by atoms with Crippen LogP contribution in [0.25, 0.3) is 11.5 Å². The number of benzene rings is 2. The van der Waals surface area contributed by atoms with E-state index >= 15 is 0 Å². The van der Waals surface area contributed by atoms with E-state index in [0.717, 1.165) is 29.7 Å². The van der Waals surface area contributed by atoms with Crippen molar-refractivity contribution < 1.29 is 9.31 Å². The Morgan fingerprint density at radius 2 is 1.45 bits per heavy atom. The van der Waals surface area contributed by atoms with E-state index in [9.17, 15) is 0 Å². The van der Waals surface area contributed by atoms with Gasteiger partial charge in [0.2, 0.25) is 0 Å². The summed E-state index contributed by atoms with van der Waals surface area (Å²) in [4.78, 5) is 0. The molecule has 0 bridgehead atoms. The quantitative estimate of drug-likeness (QED) is 0.697. The summed E-state index contributed by atoms with van der Waals surface area (Å²) in [6.07, 6.45) is 2.15. The molecule has 1 saturated heterocycles. The summed E-state index contributed by atoms with van der Waals surface area (Å²) in [6, 6.07) is 20.6. The highest BCUT2D eigenvalue weighted by Gasteiger charge is 2.26. The van der Waals surface area contributed by atoms with Crippen LogP contribution in [0.1, 0.15) is 11.1 Å². The molecule has 1 aliphatic heterocycles. The van der Waals surface area contributed by atoms with Crippen LogP contribution in [0.15, 0.2) is 60.7 Å². The van der Waals surface area contributed by atoms with Gasteiger partial charge in [-0.2, -0.15) is 0 Å². The summed E-state index contributed by atoms with van der Waals surface area (Å²) < 4.78 is 11.8. The minimum absolute atomic E-state index is 0.329. The Labute approximate surface area is 132 Å². The van der Waals surface area contributed by atoms with E-state index in [0.29, 0.717) is 13.2 Å². The third-order valence-corrected chi connectivity index (χ3v) is 3.58. The van der Waals surface area contributed by atoms with E-state index in [2.05, 4.69) is 35.7 Å². The number of hydrogen-bond donors (Lipinski definition) is 1. The second-order valence-corrected chi connectivity index (χ2v) is 5.20. The predicted octanol–water partition coefficient (Wildman–Crippen LogP) is 2.89. The maximum Gasteiger partial charge on any atom is 0.494 e. The van der Waals surface area contributed by atoms with Crippen molar-refractivity contribution in [1.29, 1.82) is 0 Å². The Kier molecular flexibility index (Phi) is 5.43. The molecule has 2 aromatic carbocycles. The standard InChI is InChI=1S/C18H20BNO2/c1-3-7-16(8-4-1)15-18(17-9-5-2-6-10-17)19-21-13-11-20-12-14-22-19/h1-10,15,20H,11-14H2. The topological polar surface area (TPSA) is 30.5 Å². The monoisotopic (exact) mass is 293 g/mol. The van der Waals surface area contributed by atoms with E-state index < -0.39 is 0 Å². The molecular formula is C18H20BNO2. The van der Waals surface area contributed by atoms with Gasteiger partial charge in [-0.1, -0.05) is 66.7 Å². The molecule has 0 aliphatic carbocycles. The molecule has 112 valence electrons. The predicted molar refractivity (Wildman–Crippen MR) is 91.3 cm³/mol. The molecular weight excluding hydrogens is 273 g/mol. The van der Waals surface area contributed by atoms with Gasteiger partial charge in [-0.05, 0) is 16.6 Å². The van der Waals surface area contributed by atoms with E-state index in [1.807, 2.05) is 36.4 Å². The molecule has 3 rings (SSSR count). The minimum Gasteiger partial charge on any atom is -0.406 e. The lowest BCUT2D eigenvalue weighted by Crippen LogP contribution is -2.36. The molecule has 3 nitrogen and oxygen atoms in total. The Bertz CT molecular complexity index is 593. The van der Waals surface area contributed by atoms with Crippen molar-refractivity contribution in [1.82, 2.24) is 5.32 Å². The van der Waals surface area contributed by atoms with Crippen molar-refractivity contribution in [2.24, 2.45) is 0 Å². The van der Waals surface area contributed by atoms with Crippen LogP contribution >= 0.6 is 0 Å². The number of nitrogens with one attached hydrogen (secondary N) is 1. The van der Waals surface area contributed by atoms with Gasteiger partial charge in [-0.15, -0.1) is 0 Å². The first kappa shape index (κ1) is 15.0. The average molecular weight is 293 g/mol. The van der Waals surface area contributed by atoms with E-state index in [1.54, 1.807) is 0 Å². The fourth-order valence-corrected chi connectivity index (χ4v) is 2.48. The van der Waals surface area contributed by atoms with Crippen molar-refractivity contribution in [3.05, 3.63) is 71.8 Å². The van der Waals surface area contributed by atoms with E-state index in [4.69, 9.17) is 9.31 Å². The van der Waals surface area contributed by atoms with Crippen LogP contribution in [0, 0.1) is 0 Å². The first-order valence-electron chi connectivity index (χ1n) is 7.69. The lowest BCUT2D eigenvalue weighted by atomic mass is 9.72. The molecule has 1 fully saturated rings. The van der Waals surface area contributed by atoms with Gasteiger partial charge in [0.05, 0.1) is 0 Å². The van der Waals surface area contributed by atoms with Gasteiger partial charge in [0.25, 0.3) is 0 Å². The van der Waals surface area contributed by atoms with Gasteiger partial charge in [-0.3, -0.25) is 0 Å². The van der Waals surface area contributed by atoms with Crippen LogP contribution in [0.3, 0.4) is 0 Å². The fraction of sp³-hybridized carbons (Fsp3) is 0.222. The van der Waals surface area contributed by atoms with Gasteiger partial charge in [-0.25, -0.2) is 0 Å². The van der Waals surface area contributed by atoms with Gasteiger partial charge in [0, 0.05) is 26.3 Å². The zero-order chi connectivity index (χ0) is 15.0. The summed E-state index contributed by atoms with van der Waals surface area (Å²) in [6.45, 7) is 2.99. The van der Waals surface area contributed by atoms with Crippen molar-refractivity contribution in [3.8, 4) is 0 Å². The Morgan fingerprint density at radius 1 is 0.864 bits per heavy atom. The van der Waals surface area contributed by atoms with Crippen LogP contribution in [0.4, 0.5) is 0 Å². The second kappa shape index (κ2) is 7.94. The number of rotatable bonds is 3. The highest BCUT2D eigenvalue weighted by atomic mass is 16.6. The van der Waals surface area contributed by atoms with Gasteiger partial charge in [0.15, 0.2) is 0 Å². The smallest absolute Gasteiger partial charge is 0.406 e. The molecule has 1 aliphatic rings. The van der Waals surface area contributed by atoms with E-state index in [1.165, 1.54) is 0 Å². The zero-order valence-corrected chi connectivity index (χ0v) is 12.6. The third kappa shape index (κ3) is 4.07. The molecule has 0 amide bonds. The summed E-state index contributed by atoms with van der Waals surface area (Å²) >= 11 is 0. The summed E-state index contributed by atoms with van der Waals surface area (Å²) in [7, 11) is -0.329. The maximum atomic E-state index is 5.92. The second-order valence-electron chi connectivity index (χ2n) is 5.20. The normalized spacial score (nSPS) is 16.9. The Morgan fingerprint density at radius 3 is 2.09 bits per heavy atom. The first-order chi connectivity index (χ1) is 10.9. The lowest BCUT2D eigenvalue weighted by Gasteiger charge is -2.21. The molecule has 0 radical (unpaired) electrons. The van der Waals surface area contributed by atoms with Crippen LogP contribution in [0.5, 0.6) is 0 Å². The SMILES string of the molecule is C(=C(B1OCCNCCO1)c1ccccc1)c1ccccc1. The average Bonchev–Trinajstić information content (AvgIpc) is 2.55. The van der Waals surface area contributed by atoms with Crippen LogP contribution < -0.4 is 5.32 Å².